The molecule has 0 saturated carbocycles. The van der Waals surface area contributed by atoms with Gasteiger partial charge >= 0.3 is 0 Å². The molecule has 8 rings (SSSR count). The lowest BCUT2D eigenvalue weighted by Crippen LogP contribution is -2.37. The van der Waals surface area contributed by atoms with Crippen molar-refractivity contribution in [1.82, 2.24) is 0 Å². The van der Waals surface area contributed by atoms with Gasteiger partial charge in [0, 0.05) is 11.9 Å². The number of fused-ring (bicyclic) bond motifs is 8. The quantitative estimate of drug-likeness (QED) is 0.230. The number of hydrogen-bond donors (Lipinski definition) is 0. The van der Waals surface area contributed by atoms with Crippen molar-refractivity contribution in [3.63, 3.8) is 0 Å². The highest BCUT2D eigenvalue weighted by molar-refractivity contribution is 6.07. The summed E-state index contributed by atoms with van der Waals surface area (Å²) in [6, 6.07) is 48.2. The second-order valence-corrected chi connectivity index (χ2v) is 10.6. The molecular formula is C38H28N2. The number of hydrogen-bond acceptors (Lipinski definition) is 2. The van der Waals surface area contributed by atoms with Gasteiger partial charge in [0.15, 0.2) is 0 Å². The average molecular weight is 513 g/mol. The summed E-state index contributed by atoms with van der Waals surface area (Å²) in [4.78, 5) is 7.64. The fraction of sp³-hybridized carbons (Fsp3) is 0.0789. The summed E-state index contributed by atoms with van der Waals surface area (Å²) in [6.45, 7) is 0. The highest BCUT2D eigenvalue weighted by atomic mass is 15.2. The molecule has 0 atom stereocenters. The molecule has 1 aliphatic carbocycles. The number of benzene rings is 5. The first-order chi connectivity index (χ1) is 19.9. The van der Waals surface area contributed by atoms with Crippen LogP contribution in [0.3, 0.4) is 0 Å². The van der Waals surface area contributed by atoms with Crippen LogP contribution in [0.25, 0.3) is 11.3 Å². The molecule has 5 aromatic carbocycles. The van der Waals surface area contributed by atoms with Crippen LogP contribution in [0, 0.1) is 0 Å². The zero-order chi connectivity index (χ0) is 26.5. The Morgan fingerprint density at radius 3 is 1.85 bits per heavy atom. The smallest absolute Gasteiger partial charge is 0.0765 e. The summed E-state index contributed by atoms with van der Waals surface area (Å²) >= 11 is 0. The van der Waals surface area contributed by atoms with Gasteiger partial charge in [-0.1, -0.05) is 115 Å². The molecule has 5 aromatic rings. The van der Waals surface area contributed by atoms with E-state index in [0.29, 0.717) is 0 Å². The van der Waals surface area contributed by atoms with E-state index in [1.165, 1.54) is 50.5 Å². The van der Waals surface area contributed by atoms with Gasteiger partial charge in [-0.2, -0.15) is 0 Å². The minimum atomic E-state index is -0.451. The van der Waals surface area contributed by atoms with Gasteiger partial charge in [0.2, 0.25) is 0 Å². The van der Waals surface area contributed by atoms with Crippen molar-refractivity contribution in [3.8, 4) is 0 Å². The second kappa shape index (κ2) is 9.07. The Morgan fingerprint density at radius 2 is 1.15 bits per heavy atom. The van der Waals surface area contributed by atoms with E-state index in [1.54, 1.807) is 0 Å². The fourth-order valence-electron chi connectivity index (χ4n) is 7.06. The number of allylic oxidation sites excluding steroid dienone is 3. The summed E-state index contributed by atoms with van der Waals surface area (Å²) in [6.07, 6.45) is 6.40. The Bertz CT molecular complexity index is 1800. The van der Waals surface area contributed by atoms with E-state index in [1.807, 2.05) is 0 Å². The van der Waals surface area contributed by atoms with Gasteiger partial charge in [-0.25, -0.2) is 0 Å². The lowest BCUT2D eigenvalue weighted by atomic mass is 9.64. The Balaban J connectivity index is 1.44. The Hall–Kier alpha value is -4.95. The van der Waals surface area contributed by atoms with Gasteiger partial charge < -0.3 is 4.90 Å². The molecule has 190 valence electrons. The fourth-order valence-corrected chi connectivity index (χ4v) is 7.06. The third-order valence-electron chi connectivity index (χ3n) is 8.63. The first-order valence-electron chi connectivity index (χ1n) is 14.0. The van der Waals surface area contributed by atoms with Crippen LogP contribution in [0.1, 0.15) is 40.7 Å². The van der Waals surface area contributed by atoms with Crippen LogP contribution < -0.4 is 4.90 Å². The van der Waals surface area contributed by atoms with Crippen LogP contribution in [0.2, 0.25) is 0 Å². The van der Waals surface area contributed by atoms with E-state index in [0.717, 1.165) is 24.1 Å². The van der Waals surface area contributed by atoms with Gasteiger partial charge in [0.05, 0.1) is 22.5 Å². The summed E-state index contributed by atoms with van der Waals surface area (Å²) in [7, 11) is 0. The maximum absolute atomic E-state index is 5.22. The van der Waals surface area contributed by atoms with E-state index < -0.39 is 5.41 Å². The van der Waals surface area contributed by atoms with E-state index in [9.17, 15) is 0 Å². The number of para-hydroxylation sites is 3. The third kappa shape index (κ3) is 3.20. The molecule has 1 spiro atoms. The molecular weight excluding hydrogens is 484 g/mol. The van der Waals surface area contributed by atoms with Crippen LogP contribution >= 0.6 is 0 Å². The van der Waals surface area contributed by atoms with Crippen molar-refractivity contribution >= 4 is 34.5 Å². The van der Waals surface area contributed by atoms with Crippen molar-refractivity contribution in [2.45, 2.75) is 18.3 Å². The third-order valence-corrected chi connectivity index (χ3v) is 8.63. The molecule has 0 fully saturated rings. The minimum Gasteiger partial charge on any atom is -0.310 e. The zero-order valence-corrected chi connectivity index (χ0v) is 22.2. The average Bonchev–Trinajstić information content (AvgIpc) is 3.27. The highest BCUT2D eigenvalue weighted by Gasteiger charge is 2.52. The predicted octanol–water partition coefficient (Wildman–Crippen LogP) is 9.48. The first kappa shape index (κ1) is 23.0. The van der Waals surface area contributed by atoms with Crippen LogP contribution in [-0.4, -0.2) is 6.21 Å². The van der Waals surface area contributed by atoms with E-state index in [4.69, 9.17) is 4.99 Å². The van der Waals surface area contributed by atoms with Gasteiger partial charge in [-0.3, -0.25) is 4.99 Å². The Morgan fingerprint density at radius 1 is 0.575 bits per heavy atom. The topological polar surface area (TPSA) is 15.6 Å². The summed E-state index contributed by atoms with van der Waals surface area (Å²) in [5.74, 6) is 0. The van der Waals surface area contributed by atoms with Gasteiger partial charge in [0.25, 0.3) is 0 Å². The number of aliphatic imine (C=N–C) groups is 1. The molecule has 40 heavy (non-hydrogen) atoms. The van der Waals surface area contributed by atoms with Crippen molar-refractivity contribution in [3.05, 3.63) is 173 Å². The van der Waals surface area contributed by atoms with Crippen LogP contribution in [0.4, 0.5) is 17.1 Å². The maximum atomic E-state index is 5.22. The minimum absolute atomic E-state index is 0.451. The van der Waals surface area contributed by atoms with Crippen LogP contribution in [0.15, 0.2) is 150 Å². The normalized spacial score (nSPS) is 17.7. The highest BCUT2D eigenvalue weighted by Crippen LogP contribution is 2.62. The van der Waals surface area contributed by atoms with Crippen LogP contribution in [0.5, 0.6) is 0 Å². The lowest BCUT2D eigenvalue weighted by molar-refractivity contribution is 0.756. The molecule has 0 bridgehead atoms. The van der Waals surface area contributed by atoms with E-state index in [-0.39, 0.29) is 0 Å². The van der Waals surface area contributed by atoms with Crippen molar-refractivity contribution < 1.29 is 0 Å². The molecule has 0 radical (unpaired) electrons. The van der Waals surface area contributed by atoms with E-state index >= 15 is 0 Å². The molecule has 2 nitrogen and oxygen atoms in total. The van der Waals surface area contributed by atoms with Gasteiger partial charge in [-0.15, -0.1) is 0 Å². The SMILES string of the molecule is C1=N/C(c2ccccc2)=C\CCC2=C1C1(c3ccccc32)c2ccccc2N(c2ccccc2)c2ccccc21. The number of anilines is 3. The Labute approximate surface area is 235 Å². The molecule has 2 heteroatoms. The van der Waals surface area contributed by atoms with Gasteiger partial charge in [-0.05, 0) is 76.1 Å². The monoisotopic (exact) mass is 512 g/mol. The summed E-state index contributed by atoms with van der Waals surface area (Å²) < 4.78 is 0. The molecule has 0 aromatic heterocycles. The molecule has 0 saturated heterocycles. The standard InChI is InChI=1S/C38H28N2/c1-3-14-27(15-4-1)35-23-13-19-30-29-18-7-8-20-31(29)38(34(30)26-39-35)32-21-9-11-24-36(32)40(28-16-5-2-6-17-28)37-25-12-10-22-33(37)38/h1-12,14-18,20-26H,13,19H2/b35-23-,39-26?. The van der Waals surface area contributed by atoms with Gasteiger partial charge in [0.1, 0.15) is 0 Å². The summed E-state index contributed by atoms with van der Waals surface area (Å²) in [5.41, 5.74) is 13.3. The molecule has 2 heterocycles. The molecule has 3 aliphatic rings. The number of rotatable bonds is 2. The zero-order valence-electron chi connectivity index (χ0n) is 22.2. The predicted molar refractivity (Wildman–Crippen MR) is 167 cm³/mol. The summed E-state index contributed by atoms with van der Waals surface area (Å²) in [5, 5.41) is 0. The number of nitrogens with zero attached hydrogens (tertiary/aromatic N) is 2. The molecule has 2 aliphatic heterocycles. The van der Waals surface area contributed by atoms with Crippen LogP contribution in [-0.2, 0) is 5.41 Å². The second-order valence-electron chi connectivity index (χ2n) is 10.6. The lowest BCUT2D eigenvalue weighted by Gasteiger charge is -2.45. The Kier molecular flexibility index (Phi) is 5.21. The molecule has 0 amide bonds. The van der Waals surface area contributed by atoms with E-state index in [2.05, 4.69) is 151 Å². The maximum Gasteiger partial charge on any atom is 0.0765 e. The largest absolute Gasteiger partial charge is 0.310 e. The first-order valence-corrected chi connectivity index (χ1v) is 14.0. The molecule has 0 unspecified atom stereocenters. The van der Waals surface area contributed by atoms with Crippen molar-refractivity contribution in [2.75, 3.05) is 4.90 Å². The van der Waals surface area contributed by atoms with Crippen molar-refractivity contribution in [1.29, 1.82) is 0 Å². The van der Waals surface area contributed by atoms with Crippen molar-refractivity contribution in [2.24, 2.45) is 4.99 Å². The molecule has 0 N–H and O–H groups in total.